The Morgan fingerprint density at radius 1 is 1.00 bits per heavy atom. The van der Waals surface area contributed by atoms with Crippen LogP contribution in [0.15, 0.2) is 18.2 Å². The molecule has 4 rings (SSSR count). The van der Waals surface area contributed by atoms with Crippen LogP contribution in [0.5, 0.6) is 5.75 Å². The summed E-state index contributed by atoms with van der Waals surface area (Å²) in [5.41, 5.74) is 3.51. The van der Waals surface area contributed by atoms with E-state index in [2.05, 4.69) is 59.4 Å². The van der Waals surface area contributed by atoms with E-state index in [9.17, 15) is 32.2 Å². The van der Waals surface area contributed by atoms with Crippen molar-refractivity contribution >= 4 is 12.6 Å². The van der Waals surface area contributed by atoms with Crippen molar-refractivity contribution in [3.63, 3.8) is 0 Å². The number of rotatable bonds is 7. The first-order valence-corrected chi connectivity index (χ1v) is 17.8. The third kappa shape index (κ3) is 13.1. The highest BCUT2D eigenvalue weighted by atomic mass is 32.1. The van der Waals surface area contributed by atoms with Gasteiger partial charge in [0.25, 0.3) is 0 Å². The lowest BCUT2D eigenvalue weighted by molar-refractivity contribution is -0.284. The number of hydrogen-bond donors (Lipinski definition) is 4. The minimum absolute atomic E-state index is 0.0334. The summed E-state index contributed by atoms with van der Waals surface area (Å²) in [5.74, 6) is -1.77. The molecule has 10 heteroatoms. The van der Waals surface area contributed by atoms with E-state index >= 15 is 0 Å². The zero-order chi connectivity index (χ0) is 35.9. The third-order valence-electron chi connectivity index (χ3n) is 9.43. The second-order valence-electron chi connectivity index (χ2n) is 13.5. The van der Waals surface area contributed by atoms with Gasteiger partial charge >= 0.3 is 12.1 Å². The fourth-order valence-corrected chi connectivity index (χ4v) is 6.47. The largest absolute Gasteiger partial charge is 0.491 e. The molecule has 2 fully saturated rings. The summed E-state index contributed by atoms with van der Waals surface area (Å²) in [6, 6.07) is 6.33. The number of aryl methyl sites for hydroxylation is 1. The Labute approximate surface area is 281 Å². The normalized spacial score (nSPS) is 25.6. The molecular weight excluding hydrogens is 623 g/mol. The highest BCUT2D eigenvalue weighted by molar-refractivity contribution is 7.80. The van der Waals surface area contributed by atoms with Crippen LogP contribution >= 0.6 is 12.6 Å². The van der Waals surface area contributed by atoms with Gasteiger partial charge in [0.2, 0.25) is 0 Å². The molecule has 1 aromatic rings. The molecule has 6 unspecified atom stereocenters. The lowest BCUT2D eigenvalue weighted by Crippen LogP contribution is -2.43. The Kier molecular flexibility index (Phi) is 19.9. The molecule has 3 aliphatic carbocycles. The Balaban J connectivity index is 0.000000805. The van der Waals surface area contributed by atoms with Gasteiger partial charge in [-0.3, -0.25) is 0 Å². The van der Waals surface area contributed by atoms with Crippen LogP contribution in [-0.4, -0.2) is 58.6 Å². The number of aliphatic hydroxyl groups excluding tert-OH is 3. The molecule has 0 aromatic heterocycles. The first kappa shape index (κ1) is 44.9. The molecule has 0 saturated heterocycles. The van der Waals surface area contributed by atoms with Crippen LogP contribution < -0.4 is 4.74 Å². The summed E-state index contributed by atoms with van der Waals surface area (Å²) in [6.07, 6.45) is 0.195. The molecule has 0 amide bonds. The molecular formula is C36H63F5O4S. The summed E-state index contributed by atoms with van der Waals surface area (Å²) in [4.78, 5) is 0. The third-order valence-corrected chi connectivity index (χ3v) is 9.74. The van der Waals surface area contributed by atoms with Crippen molar-refractivity contribution in [3.05, 3.63) is 29.3 Å². The average molecular weight is 687 g/mol. The fourth-order valence-electron chi connectivity index (χ4n) is 6.31. The van der Waals surface area contributed by atoms with Gasteiger partial charge in [0.05, 0.1) is 12.7 Å². The summed E-state index contributed by atoms with van der Waals surface area (Å²) in [7, 11) is 0. The molecule has 0 spiro atoms. The SMILES string of the molecule is CC.CC.CC12CCC3c4ccc(OCC(O)CO)cc4CCC3C1CCC2O.CCC(C)(C)C.FC(F)(F)C(F)(F)CCCS. The number of ether oxygens (including phenoxy) is 1. The quantitative estimate of drug-likeness (QED) is 0.170. The van der Waals surface area contributed by atoms with Crippen LogP contribution in [0.2, 0.25) is 0 Å². The molecule has 3 aliphatic rings. The standard InChI is InChI=1S/C21H30O4.C6H14.C5H7F5S.2C2H6/c1-21-9-8-17-16-5-3-15(25-12-14(23)11-22)10-13(16)2-4-18(17)19(21)6-7-20(21)24;1-5-6(2,3)4;6-4(7,2-1-3-11)5(8,9)10;2*1-2/h3,5,10,14,17-20,22-24H,2,4,6-9,11-12H2,1H3;5H2,1-4H3;11H,1-3H2;2*1-2H3. The molecule has 4 nitrogen and oxygen atoms in total. The van der Waals surface area contributed by atoms with Crippen molar-refractivity contribution in [1.82, 2.24) is 0 Å². The lowest BCUT2D eigenvalue weighted by Gasteiger charge is -2.50. The average Bonchev–Trinajstić information content (AvgIpc) is 3.34. The van der Waals surface area contributed by atoms with E-state index in [-0.39, 0.29) is 36.9 Å². The highest BCUT2D eigenvalue weighted by Gasteiger charge is 2.56. The minimum Gasteiger partial charge on any atom is -0.491 e. The number of benzene rings is 1. The van der Waals surface area contributed by atoms with E-state index in [1.807, 2.05) is 33.8 Å². The van der Waals surface area contributed by atoms with Crippen LogP contribution in [0.4, 0.5) is 22.0 Å². The molecule has 0 aliphatic heterocycles. The van der Waals surface area contributed by atoms with Crippen LogP contribution in [0.1, 0.15) is 131 Å². The molecule has 272 valence electrons. The van der Waals surface area contributed by atoms with Gasteiger partial charge in [0, 0.05) is 6.42 Å². The van der Waals surface area contributed by atoms with Crippen molar-refractivity contribution in [3.8, 4) is 5.75 Å². The number of fused-ring (bicyclic) bond motifs is 5. The maximum Gasteiger partial charge on any atom is 0.453 e. The van der Waals surface area contributed by atoms with Crippen molar-refractivity contribution in [2.75, 3.05) is 19.0 Å². The van der Waals surface area contributed by atoms with Gasteiger partial charge in [0.15, 0.2) is 0 Å². The zero-order valence-electron chi connectivity index (χ0n) is 29.7. The molecule has 6 atom stereocenters. The van der Waals surface area contributed by atoms with Gasteiger partial charge in [-0.25, -0.2) is 0 Å². The number of aliphatic hydroxyl groups is 3. The van der Waals surface area contributed by atoms with E-state index in [1.54, 1.807) is 0 Å². The number of thiol groups is 1. The molecule has 2 saturated carbocycles. The van der Waals surface area contributed by atoms with Crippen molar-refractivity contribution in [1.29, 1.82) is 0 Å². The fraction of sp³-hybridized carbons (Fsp3) is 0.833. The Hall–Kier alpha value is -1.10. The number of hydrogen-bond acceptors (Lipinski definition) is 5. The summed E-state index contributed by atoms with van der Waals surface area (Å²) >= 11 is 3.53. The van der Waals surface area contributed by atoms with E-state index in [1.165, 1.54) is 36.8 Å². The van der Waals surface area contributed by atoms with Crippen molar-refractivity contribution < 1.29 is 42.0 Å². The predicted molar refractivity (Wildman–Crippen MR) is 182 cm³/mol. The lowest BCUT2D eigenvalue weighted by atomic mass is 9.55. The molecule has 0 bridgehead atoms. The Bertz CT molecular complexity index is 969. The zero-order valence-corrected chi connectivity index (χ0v) is 30.6. The van der Waals surface area contributed by atoms with Crippen molar-refractivity contribution in [2.45, 2.75) is 150 Å². The summed E-state index contributed by atoms with van der Waals surface area (Å²) < 4.78 is 63.7. The maximum absolute atomic E-state index is 12.0. The van der Waals surface area contributed by atoms with E-state index in [0.717, 1.165) is 25.0 Å². The predicted octanol–water partition coefficient (Wildman–Crippen LogP) is 10.0. The maximum atomic E-state index is 12.0. The number of halogens is 5. The van der Waals surface area contributed by atoms with Gasteiger partial charge in [-0.2, -0.15) is 34.6 Å². The molecule has 3 N–H and O–H groups in total. The van der Waals surface area contributed by atoms with Gasteiger partial charge < -0.3 is 20.1 Å². The van der Waals surface area contributed by atoms with Gasteiger partial charge in [-0.1, -0.05) is 74.8 Å². The van der Waals surface area contributed by atoms with E-state index < -0.39 is 24.6 Å². The minimum atomic E-state index is -5.42. The molecule has 0 heterocycles. The molecule has 46 heavy (non-hydrogen) atoms. The van der Waals surface area contributed by atoms with E-state index in [0.29, 0.717) is 23.2 Å². The second-order valence-corrected chi connectivity index (χ2v) is 14.0. The Morgan fingerprint density at radius 3 is 2.09 bits per heavy atom. The highest BCUT2D eigenvalue weighted by Crippen LogP contribution is 2.61. The summed E-state index contributed by atoms with van der Waals surface area (Å²) in [5, 5.41) is 28.8. The molecule has 1 aromatic carbocycles. The monoisotopic (exact) mass is 686 g/mol. The second kappa shape index (κ2) is 20.4. The first-order chi connectivity index (χ1) is 21.4. The smallest absolute Gasteiger partial charge is 0.453 e. The summed E-state index contributed by atoms with van der Waals surface area (Å²) in [6.45, 7) is 19.1. The van der Waals surface area contributed by atoms with Gasteiger partial charge in [0.1, 0.15) is 18.5 Å². The Morgan fingerprint density at radius 2 is 1.59 bits per heavy atom. The van der Waals surface area contributed by atoms with Gasteiger partial charge in [-0.05, 0) is 103 Å². The first-order valence-electron chi connectivity index (χ1n) is 17.2. The van der Waals surface area contributed by atoms with Crippen LogP contribution in [0, 0.1) is 22.7 Å². The van der Waals surface area contributed by atoms with Crippen molar-refractivity contribution in [2.24, 2.45) is 22.7 Å². The van der Waals surface area contributed by atoms with Crippen LogP contribution in [0.25, 0.3) is 0 Å². The topological polar surface area (TPSA) is 69.9 Å². The van der Waals surface area contributed by atoms with Crippen LogP contribution in [0.3, 0.4) is 0 Å². The van der Waals surface area contributed by atoms with Crippen LogP contribution in [-0.2, 0) is 6.42 Å². The molecule has 0 radical (unpaired) electrons. The van der Waals surface area contributed by atoms with E-state index in [4.69, 9.17) is 9.84 Å². The number of alkyl halides is 5. The van der Waals surface area contributed by atoms with Gasteiger partial charge in [-0.15, -0.1) is 0 Å².